The van der Waals surface area contributed by atoms with Crippen LogP contribution in [0.4, 0.5) is 18.9 Å². The van der Waals surface area contributed by atoms with E-state index in [2.05, 4.69) is 14.7 Å². The van der Waals surface area contributed by atoms with E-state index in [1.165, 1.54) is 24.3 Å². The second kappa shape index (κ2) is 8.53. The predicted molar refractivity (Wildman–Crippen MR) is 105 cm³/mol. The summed E-state index contributed by atoms with van der Waals surface area (Å²) in [7, 11) is 0. The molecule has 2 heterocycles. The number of hydrogen-bond donors (Lipinski definition) is 0. The van der Waals surface area contributed by atoms with Crippen LogP contribution in [0.3, 0.4) is 0 Å². The first-order valence-corrected chi connectivity index (χ1v) is 10.0. The van der Waals surface area contributed by atoms with Gasteiger partial charge in [-0.3, -0.25) is 9.80 Å². The average Bonchev–Trinajstić information content (AvgIpc) is 2.72. The maximum atomic E-state index is 14.0. The Kier molecular flexibility index (Phi) is 5.87. The molecule has 2 aliphatic heterocycles. The number of hydrogen-bond acceptors (Lipinski definition) is 3. The monoisotopic (exact) mass is 389 g/mol. The zero-order valence-corrected chi connectivity index (χ0v) is 16.0. The van der Waals surface area contributed by atoms with Crippen molar-refractivity contribution in [2.75, 3.05) is 44.2 Å². The Morgan fingerprint density at radius 3 is 2.18 bits per heavy atom. The van der Waals surface area contributed by atoms with Gasteiger partial charge in [0.25, 0.3) is 0 Å². The molecule has 0 bridgehead atoms. The summed E-state index contributed by atoms with van der Waals surface area (Å²) in [6, 6.07) is 11.3. The van der Waals surface area contributed by atoms with Crippen molar-refractivity contribution in [2.45, 2.75) is 25.4 Å². The van der Waals surface area contributed by atoms with Crippen LogP contribution in [-0.4, -0.2) is 55.1 Å². The van der Waals surface area contributed by atoms with Gasteiger partial charge >= 0.3 is 0 Å². The highest BCUT2D eigenvalue weighted by molar-refractivity contribution is 5.48. The largest absolute Gasteiger partial charge is 0.367 e. The van der Waals surface area contributed by atoms with Gasteiger partial charge in [0.15, 0.2) is 0 Å². The number of halogens is 3. The van der Waals surface area contributed by atoms with Gasteiger partial charge in [0.1, 0.15) is 17.5 Å². The summed E-state index contributed by atoms with van der Waals surface area (Å²) in [5.74, 6) is -1.12. The number of nitrogens with zero attached hydrogens (tertiary/aromatic N) is 3. The van der Waals surface area contributed by atoms with E-state index < -0.39 is 11.6 Å². The third kappa shape index (κ3) is 4.18. The first kappa shape index (κ1) is 19.3. The molecular formula is C22H26F3N3. The molecule has 0 unspecified atom stereocenters. The molecule has 2 aliphatic rings. The molecule has 0 radical (unpaired) electrons. The zero-order chi connectivity index (χ0) is 19.5. The molecule has 0 aliphatic carbocycles. The summed E-state index contributed by atoms with van der Waals surface area (Å²) in [5.41, 5.74) is 0.829. The van der Waals surface area contributed by atoms with Crippen LogP contribution in [0, 0.1) is 17.5 Å². The summed E-state index contributed by atoms with van der Waals surface area (Å²) in [5, 5.41) is 0. The standard InChI is InChI=1S/C22H26F3N3/c23-19-7-3-8-20(24)18(19)16-26-10-4-5-17(15-26)27-11-13-28(14-12-27)22-9-2-1-6-21(22)25/h1-3,6-9,17H,4-5,10-16H2/t17-/m1/s1. The zero-order valence-electron chi connectivity index (χ0n) is 16.0. The number of anilines is 1. The van der Waals surface area contributed by atoms with Gasteiger partial charge in [0, 0.05) is 50.9 Å². The van der Waals surface area contributed by atoms with E-state index in [9.17, 15) is 13.2 Å². The normalized spacial score (nSPS) is 21.8. The lowest BCUT2D eigenvalue weighted by molar-refractivity contribution is 0.0874. The van der Waals surface area contributed by atoms with Crippen molar-refractivity contribution in [3.05, 3.63) is 65.5 Å². The highest BCUT2D eigenvalue weighted by Gasteiger charge is 2.29. The van der Waals surface area contributed by atoms with Crippen LogP contribution < -0.4 is 4.90 Å². The van der Waals surface area contributed by atoms with E-state index in [1.54, 1.807) is 6.07 Å². The third-order valence-corrected chi connectivity index (χ3v) is 5.95. The fraction of sp³-hybridized carbons (Fsp3) is 0.455. The molecule has 2 saturated heterocycles. The topological polar surface area (TPSA) is 9.72 Å². The van der Waals surface area contributed by atoms with Gasteiger partial charge in [-0.2, -0.15) is 0 Å². The molecule has 0 amide bonds. The highest BCUT2D eigenvalue weighted by atomic mass is 19.1. The van der Waals surface area contributed by atoms with Crippen molar-refractivity contribution in [3.8, 4) is 0 Å². The van der Waals surface area contributed by atoms with E-state index in [1.807, 2.05) is 12.1 Å². The summed E-state index contributed by atoms with van der Waals surface area (Å²) < 4.78 is 42.0. The lowest BCUT2D eigenvalue weighted by Gasteiger charge is -2.44. The molecule has 2 aromatic rings. The first-order chi connectivity index (χ1) is 13.6. The summed E-state index contributed by atoms with van der Waals surface area (Å²) in [6.45, 7) is 5.32. The molecule has 150 valence electrons. The van der Waals surface area contributed by atoms with Crippen molar-refractivity contribution in [2.24, 2.45) is 0 Å². The minimum atomic E-state index is -0.472. The Hall–Kier alpha value is -2.05. The van der Waals surface area contributed by atoms with Crippen LogP contribution in [0.5, 0.6) is 0 Å². The smallest absolute Gasteiger partial charge is 0.146 e. The van der Waals surface area contributed by atoms with Crippen LogP contribution in [-0.2, 0) is 6.54 Å². The SMILES string of the molecule is Fc1ccccc1N1CCN([C@@H]2CCCN(Cc3c(F)cccc3F)C2)CC1. The van der Waals surface area contributed by atoms with E-state index in [0.717, 1.165) is 52.1 Å². The third-order valence-electron chi connectivity index (χ3n) is 5.95. The summed E-state index contributed by atoms with van der Waals surface area (Å²) >= 11 is 0. The molecule has 28 heavy (non-hydrogen) atoms. The number of rotatable bonds is 4. The van der Waals surface area contributed by atoms with E-state index in [0.29, 0.717) is 18.3 Å². The molecule has 3 nitrogen and oxygen atoms in total. The Morgan fingerprint density at radius 2 is 1.46 bits per heavy atom. The van der Waals surface area contributed by atoms with Crippen LogP contribution in [0.25, 0.3) is 0 Å². The highest BCUT2D eigenvalue weighted by Crippen LogP contribution is 2.24. The van der Waals surface area contributed by atoms with Gasteiger partial charge in [0.2, 0.25) is 0 Å². The summed E-state index contributed by atoms with van der Waals surface area (Å²) in [6.07, 6.45) is 2.12. The number of piperazine rings is 1. The fourth-order valence-corrected chi connectivity index (χ4v) is 4.42. The molecule has 2 fully saturated rings. The first-order valence-electron chi connectivity index (χ1n) is 10.0. The van der Waals surface area contributed by atoms with Crippen LogP contribution in [0.15, 0.2) is 42.5 Å². The van der Waals surface area contributed by atoms with Crippen molar-refractivity contribution in [1.82, 2.24) is 9.80 Å². The maximum Gasteiger partial charge on any atom is 0.146 e. The summed E-state index contributed by atoms with van der Waals surface area (Å²) in [4.78, 5) is 6.70. The molecule has 6 heteroatoms. The minimum absolute atomic E-state index is 0.160. The second-order valence-corrected chi connectivity index (χ2v) is 7.71. The fourth-order valence-electron chi connectivity index (χ4n) is 4.42. The van der Waals surface area contributed by atoms with Crippen molar-refractivity contribution in [3.63, 3.8) is 0 Å². The second-order valence-electron chi connectivity index (χ2n) is 7.71. The van der Waals surface area contributed by atoms with Gasteiger partial charge in [-0.05, 0) is 43.7 Å². The quantitative estimate of drug-likeness (QED) is 0.786. The van der Waals surface area contributed by atoms with Gasteiger partial charge in [-0.25, -0.2) is 13.2 Å². The molecule has 1 atom stereocenters. The van der Waals surface area contributed by atoms with Crippen LogP contribution in [0.1, 0.15) is 18.4 Å². The Labute approximate surface area is 164 Å². The van der Waals surface area contributed by atoms with Crippen molar-refractivity contribution in [1.29, 1.82) is 0 Å². The maximum absolute atomic E-state index is 14.0. The Morgan fingerprint density at radius 1 is 0.786 bits per heavy atom. The molecule has 4 rings (SSSR count). The molecule has 2 aromatic carbocycles. The minimum Gasteiger partial charge on any atom is -0.367 e. The van der Waals surface area contributed by atoms with Crippen LogP contribution in [0.2, 0.25) is 0 Å². The van der Waals surface area contributed by atoms with Crippen molar-refractivity contribution >= 4 is 5.69 Å². The van der Waals surface area contributed by atoms with Gasteiger partial charge < -0.3 is 4.90 Å². The van der Waals surface area contributed by atoms with Crippen LogP contribution >= 0.6 is 0 Å². The number of benzene rings is 2. The number of likely N-dealkylation sites (tertiary alicyclic amines) is 1. The Bertz CT molecular complexity index is 785. The average molecular weight is 389 g/mol. The molecule has 0 aromatic heterocycles. The number of piperidine rings is 1. The lowest BCUT2D eigenvalue weighted by atomic mass is 10.0. The molecule has 0 N–H and O–H groups in total. The van der Waals surface area contributed by atoms with Gasteiger partial charge in [-0.1, -0.05) is 18.2 Å². The molecular weight excluding hydrogens is 363 g/mol. The van der Waals surface area contributed by atoms with E-state index in [4.69, 9.17) is 0 Å². The van der Waals surface area contributed by atoms with Gasteiger partial charge in [0.05, 0.1) is 5.69 Å². The number of para-hydroxylation sites is 1. The Balaban J connectivity index is 1.35. The van der Waals surface area contributed by atoms with E-state index in [-0.39, 0.29) is 11.4 Å². The lowest BCUT2D eigenvalue weighted by Crippen LogP contribution is -2.55. The predicted octanol–water partition coefficient (Wildman–Crippen LogP) is 3.89. The van der Waals surface area contributed by atoms with E-state index >= 15 is 0 Å². The van der Waals surface area contributed by atoms with Crippen molar-refractivity contribution < 1.29 is 13.2 Å². The van der Waals surface area contributed by atoms with Gasteiger partial charge in [-0.15, -0.1) is 0 Å². The molecule has 0 saturated carbocycles. The molecule has 0 spiro atoms.